The summed E-state index contributed by atoms with van der Waals surface area (Å²) in [4.78, 5) is 12.4. The van der Waals surface area contributed by atoms with Gasteiger partial charge in [-0.25, -0.2) is 4.98 Å². The Hall–Kier alpha value is -1.97. The number of fused-ring (bicyclic) bond motifs is 2. The van der Waals surface area contributed by atoms with E-state index in [-0.39, 0.29) is 24.4 Å². The zero-order valence-corrected chi connectivity index (χ0v) is 11.9. The van der Waals surface area contributed by atoms with Crippen molar-refractivity contribution < 1.29 is 20.1 Å². The maximum Gasteiger partial charge on any atom is 0.320 e. The first kappa shape index (κ1) is 13.7. The fourth-order valence-electron chi connectivity index (χ4n) is 3.78. The second-order valence-corrected chi connectivity index (χ2v) is 6.05. The Morgan fingerprint density at radius 2 is 2.23 bits per heavy atom. The second-order valence-electron chi connectivity index (χ2n) is 6.05. The van der Waals surface area contributed by atoms with E-state index in [9.17, 15) is 15.3 Å². The molecule has 5 atom stereocenters. The fraction of sp³-hybridized carbons (Fsp3) is 0.615. The van der Waals surface area contributed by atoms with Crippen molar-refractivity contribution in [1.29, 1.82) is 0 Å². The van der Waals surface area contributed by atoms with Gasteiger partial charge in [0, 0.05) is 5.41 Å². The summed E-state index contributed by atoms with van der Waals surface area (Å²) in [5, 5.41) is 30.1. The van der Waals surface area contributed by atoms with Crippen LogP contribution in [-0.2, 0) is 0 Å². The molecule has 0 aliphatic heterocycles. The number of hydrogen-bond acceptors (Lipinski definition) is 8. The van der Waals surface area contributed by atoms with Crippen molar-refractivity contribution in [3.63, 3.8) is 0 Å². The van der Waals surface area contributed by atoms with Crippen LogP contribution in [0.25, 0.3) is 11.2 Å². The predicted octanol–water partition coefficient (Wildman–Crippen LogP) is -1.31. The van der Waals surface area contributed by atoms with Gasteiger partial charge in [0.05, 0.1) is 32.2 Å². The summed E-state index contributed by atoms with van der Waals surface area (Å²) >= 11 is 0. The molecule has 0 radical (unpaired) electrons. The van der Waals surface area contributed by atoms with Gasteiger partial charge in [0.2, 0.25) is 0 Å². The monoisotopic (exact) mass is 307 g/mol. The summed E-state index contributed by atoms with van der Waals surface area (Å²) in [6, 6.07) is -0.296. The lowest BCUT2D eigenvalue weighted by Gasteiger charge is -2.23. The number of rotatable bonds is 3. The van der Waals surface area contributed by atoms with Gasteiger partial charge >= 0.3 is 6.01 Å². The third-order valence-electron chi connectivity index (χ3n) is 5.08. The van der Waals surface area contributed by atoms with Crippen LogP contribution in [0.15, 0.2) is 6.33 Å². The number of nitrogens with two attached hydrogens (primary N) is 1. The van der Waals surface area contributed by atoms with Gasteiger partial charge in [0.25, 0.3) is 0 Å². The minimum Gasteiger partial charge on any atom is -0.467 e. The number of hydrogen-bond donors (Lipinski definition) is 4. The zero-order valence-electron chi connectivity index (χ0n) is 11.9. The smallest absolute Gasteiger partial charge is 0.320 e. The number of anilines is 1. The molecule has 0 saturated heterocycles. The van der Waals surface area contributed by atoms with E-state index in [1.54, 1.807) is 4.57 Å². The maximum atomic E-state index is 10.4. The normalized spacial score (nSPS) is 36.5. The van der Waals surface area contributed by atoms with Crippen molar-refractivity contribution in [2.24, 2.45) is 11.3 Å². The number of imidazole rings is 1. The van der Waals surface area contributed by atoms with Crippen molar-refractivity contribution in [3.8, 4) is 6.01 Å². The summed E-state index contributed by atoms with van der Waals surface area (Å²) in [6.07, 6.45) is 0.224. The van der Waals surface area contributed by atoms with Crippen molar-refractivity contribution in [1.82, 2.24) is 19.5 Å². The quantitative estimate of drug-likeness (QED) is 0.548. The molecule has 9 heteroatoms. The van der Waals surface area contributed by atoms with Gasteiger partial charge < -0.3 is 30.4 Å². The highest BCUT2D eigenvalue weighted by atomic mass is 16.5. The molecule has 2 fully saturated rings. The van der Waals surface area contributed by atoms with Crippen LogP contribution in [0.1, 0.15) is 12.5 Å². The molecule has 2 aliphatic carbocycles. The number of nitrogens with zero attached hydrogens (tertiary/aromatic N) is 4. The van der Waals surface area contributed by atoms with E-state index in [0.29, 0.717) is 17.6 Å². The first-order valence-corrected chi connectivity index (χ1v) is 7.04. The van der Waals surface area contributed by atoms with E-state index in [1.807, 2.05) is 0 Å². The van der Waals surface area contributed by atoms with Crippen molar-refractivity contribution >= 4 is 17.0 Å². The fourth-order valence-corrected chi connectivity index (χ4v) is 3.78. The van der Waals surface area contributed by atoms with E-state index in [4.69, 9.17) is 10.5 Å². The van der Waals surface area contributed by atoms with Crippen LogP contribution in [0.4, 0.5) is 5.82 Å². The van der Waals surface area contributed by atoms with Crippen LogP contribution in [-0.4, -0.2) is 60.8 Å². The molecule has 2 aliphatic rings. The third kappa shape index (κ3) is 1.50. The topological polar surface area (TPSA) is 140 Å². The van der Waals surface area contributed by atoms with Crippen LogP contribution in [0, 0.1) is 11.3 Å². The molecule has 2 saturated carbocycles. The minimum absolute atomic E-state index is 0.0258. The van der Waals surface area contributed by atoms with Crippen LogP contribution in [0.2, 0.25) is 0 Å². The van der Waals surface area contributed by atoms with E-state index >= 15 is 0 Å². The van der Waals surface area contributed by atoms with Crippen LogP contribution in [0.3, 0.4) is 0 Å². The van der Waals surface area contributed by atoms with Gasteiger partial charge in [0.1, 0.15) is 6.10 Å². The molecule has 2 aromatic heterocycles. The molecule has 5 N–H and O–H groups in total. The molecular weight excluding hydrogens is 290 g/mol. The van der Waals surface area contributed by atoms with Gasteiger partial charge in [-0.3, -0.25) is 0 Å². The Kier molecular flexibility index (Phi) is 2.66. The lowest BCUT2D eigenvalue weighted by Crippen LogP contribution is -2.35. The largest absolute Gasteiger partial charge is 0.467 e. The Morgan fingerprint density at radius 3 is 2.86 bits per heavy atom. The molecule has 0 aromatic carbocycles. The van der Waals surface area contributed by atoms with Crippen LogP contribution in [0.5, 0.6) is 6.01 Å². The van der Waals surface area contributed by atoms with Gasteiger partial charge in [-0.15, -0.1) is 0 Å². The third-order valence-corrected chi connectivity index (χ3v) is 5.08. The van der Waals surface area contributed by atoms with E-state index in [1.165, 1.54) is 13.4 Å². The Morgan fingerprint density at radius 1 is 1.45 bits per heavy atom. The number of nitrogen functional groups attached to an aromatic ring is 1. The summed E-state index contributed by atoms with van der Waals surface area (Å²) in [5.41, 5.74) is 6.09. The molecule has 0 spiro atoms. The molecule has 118 valence electrons. The van der Waals surface area contributed by atoms with E-state index < -0.39 is 23.7 Å². The average molecular weight is 307 g/mol. The lowest BCUT2D eigenvalue weighted by molar-refractivity contribution is -0.0300. The molecule has 0 amide bonds. The second kappa shape index (κ2) is 4.28. The average Bonchev–Trinajstić information content (AvgIpc) is 3.03. The van der Waals surface area contributed by atoms with Crippen molar-refractivity contribution in [2.45, 2.75) is 24.7 Å². The number of aromatic nitrogens is 4. The summed E-state index contributed by atoms with van der Waals surface area (Å²) in [6.45, 7) is -0.153. The van der Waals surface area contributed by atoms with E-state index in [0.717, 1.165) is 0 Å². The SMILES string of the molecule is COc1nc(N)c2ncn([C@H]3C(O)C(O)[C@]4(CO)C[C@H]34)c2n1. The van der Waals surface area contributed by atoms with E-state index in [2.05, 4.69) is 15.0 Å². The summed E-state index contributed by atoms with van der Waals surface area (Å²) in [5.74, 6) is 0.167. The highest BCUT2D eigenvalue weighted by Crippen LogP contribution is 2.67. The standard InChI is InChI=1S/C13H17N5O4/c1-22-12-16-10(14)6-11(17-12)18(4-15-6)7-5-2-13(5,3-19)9(21)8(7)20/h4-5,7-9,19-21H,2-3H2,1H3,(H2,14,16,17)/t5-,7-,8?,9?,13+/m1/s1. The Balaban J connectivity index is 1.84. The van der Waals surface area contributed by atoms with Gasteiger partial charge in [-0.2, -0.15) is 9.97 Å². The molecule has 2 aromatic rings. The molecule has 9 nitrogen and oxygen atoms in total. The Labute approximate surface area is 125 Å². The zero-order chi connectivity index (χ0) is 15.6. The summed E-state index contributed by atoms with van der Waals surface area (Å²) in [7, 11) is 1.44. The summed E-state index contributed by atoms with van der Waals surface area (Å²) < 4.78 is 6.71. The highest BCUT2D eigenvalue weighted by Gasteiger charge is 2.71. The van der Waals surface area contributed by atoms with Gasteiger partial charge in [-0.1, -0.05) is 0 Å². The molecule has 4 rings (SSSR count). The van der Waals surface area contributed by atoms with Crippen LogP contribution >= 0.6 is 0 Å². The van der Waals surface area contributed by atoms with Crippen molar-refractivity contribution in [3.05, 3.63) is 6.33 Å². The first-order valence-electron chi connectivity index (χ1n) is 7.04. The molecule has 22 heavy (non-hydrogen) atoms. The number of aliphatic hydroxyl groups is 3. The molecule has 0 bridgehead atoms. The molecular formula is C13H17N5O4. The molecule has 2 heterocycles. The van der Waals surface area contributed by atoms with Gasteiger partial charge in [0.15, 0.2) is 17.0 Å². The molecule has 2 unspecified atom stereocenters. The lowest BCUT2D eigenvalue weighted by atomic mass is 10.0. The van der Waals surface area contributed by atoms with Crippen molar-refractivity contribution in [2.75, 3.05) is 19.5 Å². The number of ether oxygens (including phenoxy) is 1. The number of methoxy groups -OCH3 is 1. The first-order chi connectivity index (χ1) is 10.5. The Bertz CT molecular complexity index is 749. The highest BCUT2D eigenvalue weighted by molar-refractivity contribution is 5.82. The minimum atomic E-state index is -0.995. The number of aliphatic hydroxyl groups excluding tert-OH is 3. The van der Waals surface area contributed by atoms with Gasteiger partial charge in [-0.05, 0) is 12.3 Å². The van der Waals surface area contributed by atoms with Crippen LogP contribution < -0.4 is 10.5 Å². The maximum absolute atomic E-state index is 10.4. The predicted molar refractivity (Wildman–Crippen MR) is 75.0 cm³/mol.